The molecule has 0 N–H and O–H groups in total. The number of benzene rings is 1. The van der Waals surface area contributed by atoms with Crippen LogP contribution in [0.25, 0.3) is 4.85 Å². The van der Waals surface area contributed by atoms with Crippen LogP contribution in [0.5, 0.6) is 0 Å². The molecule has 1 aliphatic heterocycles. The third-order valence-corrected chi connectivity index (χ3v) is 3.62. The highest BCUT2D eigenvalue weighted by Crippen LogP contribution is 2.37. The first-order valence-electron chi connectivity index (χ1n) is 5.79. The SMILES string of the molecule is [C-]#[N+]c1cc(F)ccc1B1OC(C)(C)C(C)(C)O1. The van der Waals surface area contributed by atoms with Gasteiger partial charge in [0.2, 0.25) is 0 Å². The highest BCUT2D eigenvalue weighted by atomic mass is 19.1. The Labute approximate surface area is 107 Å². The fraction of sp³-hybridized carbons (Fsp3) is 0.462. The number of hydrogen-bond donors (Lipinski definition) is 0. The van der Waals surface area contributed by atoms with Crippen LogP contribution in [0, 0.1) is 12.4 Å². The lowest BCUT2D eigenvalue weighted by Crippen LogP contribution is -2.41. The molecule has 1 aromatic rings. The molecule has 0 amide bonds. The van der Waals surface area contributed by atoms with Crippen LogP contribution in [0.2, 0.25) is 0 Å². The van der Waals surface area contributed by atoms with Gasteiger partial charge in [-0.3, -0.25) is 0 Å². The summed E-state index contributed by atoms with van der Waals surface area (Å²) in [6.07, 6.45) is 0. The average molecular weight is 247 g/mol. The van der Waals surface area contributed by atoms with Gasteiger partial charge in [-0.1, -0.05) is 6.07 Å². The molecule has 0 bridgehead atoms. The van der Waals surface area contributed by atoms with Crippen LogP contribution >= 0.6 is 0 Å². The van der Waals surface area contributed by atoms with Crippen LogP contribution in [0.4, 0.5) is 10.1 Å². The van der Waals surface area contributed by atoms with E-state index in [-0.39, 0.29) is 5.69 Å². The Hall–Kier alpha value is -1.38. The van der Waals surface area contributed by atoms with Crippen LogP contribution in [0.15, 0.2) is 18.2 Å². The van der Waals surface area contributed by atoms with Gasteiger partial charge in [0, 0.05) is 0 Å². The second kappa shape index (κ2) is 4.08. The second-order valence-corrected chi connectivity index (χ2v) is 5.40. The number of nitrogens with zero attached hydrogens (tertiary/aromatic N) is 1. The first-order valence-corrected chi connectivity index (χ1v) is 5.79. The van der Waals surface area contributed by atoms with Gasteiger partial charge < -0.3 is 9.31 Å². The van der Waals surface area contributed by atoms with Gasteiger partial charge in [0.1, 0.15) is 5.82 Å². The lowest BCUT2D eigenvalue weighted by molar-refractivity contribution is 0.00578. The highest BCUT2D eigenvalue weighted by molar-refractivity contribution is 6.64. The maximum Gasteiger partial charge on any atom is 0.483 e. The van der Waals surface area contributed by atoms with E-state index in [0.717, 1.165) is 0 Å². The third kappa shape index (κ3) is 2.02. The molecule has 0 saturated carbocycles. The summed E-state index contributed by atoms with van der Waals surface area (Å²) < 4.78 is 24.8. The molecule has 0 radical (unpaired) electrons. The van der Waals surface area contributed by atoms with E-state index in [4.69, 9.17) is 15.9 Å². The molecule has 0 atom stereocenters. The molecule has 1 fully saturated rings. The Kier molecular flexibility index (Phi) is 2.96. The molecule has 1 aliphatic rings. The predicted molar refractivity (Wildman–Crippen MR) is 68.4 cm³/mol. The van der Waals surface area contributed by atoms with Crippen molar-refractivity contribution < 1.29 is 13.7 Å². The van der Waals surface area contributed by atoms with Gasteiger partial charge >= 0.3 is 7.12 Å². The molecular formula is C13H15BFNO2. The van der Waals surface area contributed by atoms with E-state index in [2.05, 4.69) is 4.85 Å². The summed E-state index contributed by atoms with van der Waals surface area (Å²) in [5.74, 6) is -0.429. The average Bonchev–Trinajstić information content (AvgIpc) is 2.47. The summed E-state index contributed by atoms with van der Waals surface area (Å²) in [4.78, 5) is 3.32. The fourth-order valence-corrected chi connectivity index (χ4v) is 1.78. The van der Waals surface area contributed by atoms with Gasteiger partial charge in [0.25, 0.3) is 0 Å². The van der Waals surface area contributed by atoms with Crippen molar-refractivity contribution in [3.63, 3.8) is 0 Å². The summed E-state index contributed by atoms with van der Waals surface area (Å²) in [7, 11) is -0.625. The third-order valence-electron chi connectivity index (χ3n) is 3.62. The van der Waals surface area contributed by atoms with Gasteiger partial charge in [-0.25, -0.2) is 9.24 Å². The van der Waals surface area contributed by atoms with E-state index in [1.165, 1.54) is 12.1 Å². The Morgan fingerprint density at radius 3 is 2.22 bits per heavy atom. The zero-order valence-corrected chi connectivity index (χ0v) is 11.0. The van der Waals surface area contributed by atoms with Crippen molar-refractivity contribution >= 4 is 18.3 Å². The van der Waals surface area contributed by atoms with Crippen molar-refractivity contribution in [2.45, 2.75) is 38.9 Å². The zero-order chi connectivity index (χ0) is 13.6. The van der Waals surface area contributed by atoms with Crippen LogP contribution in [-0.4, -0.2) is 18.3 Å². The van der Waals surface area contributed by atoms with Crippen LogP contribution < -0.4 is 5.46 Å². The van der Waals surface area contributed by atoms with E-state index < -0.39 is 24.1 Å². The first kappa shape index (κ1) is 13.1. The predicted octanol–water partition coefficient (Wildman–Crippen LogP) is 2.68. The summed E-state index contributed by atoms with van der Waals surface area (Å²) in [6, 6.07) is 4.06. The summed E-state index contributed by atoms with van der Waals surface area (Å²) in [5, 5.41) is 0. The molecule has 0 spiro atoms. The van der Waals surface area contributed by atoms with Crippen LogP contribution in [-0.2, 0) is 9.31 Å². The van der Waals surface area contributed by atoms with Crippen LogP contribution in [0.3, 0.4) is 0 Å². The fourth-order valence-electron chi connectivity index (χ4n) is 1.78. The molecule has 94 valence electrons. The molecule has 1 heterocycles. The summed E-state index contributed by atoms with van der Waals surface area (Å²) in [6.45, 7) is 14.8. The number of hydrogen-bond acceptors (Lipinski definition) is 2. The molecule has 0 unspecified atom stereocenters. The highest BCUT2D eigenvalue weighted by Gasteiger charge is 2.52. The number of rotatable bonds is 1. The van der Waals surface area contributed by atoms with Gasteiger partial charge in [-0.05, 0) is 45.3 Å². The van der Waals surface area contributed by atoms with Crippen molar-refractivity contribution in [1.29, 1.82) is 0 Å². The smallest absolute Gasteiger partial charge is 0.400 e. The molecule has 0 aliphatic carbocycles. The molecule has 18 heavy (non-hydrogen) atoms. The molecule has 0 aromatic heterocycles. The van der Waals surface area contributed by atoms with Gasteiger partial charge in [-0.15, -0.1) is 0 Å². The molecule has 1 aromatic carbocycles. The molecule has 1 saturated heterocycles. The molecule has 5 heteroatoms. The van der Waals surface area contributed by atoms with E-state index in [0.29, 0.717) is 5.46 Å². The molecular weight excluding hydrogens is 232 g/mol. The topological polar surface area (TPSA) is 22.8 Å². The summed E-state index contributed by atoms with van der Waals surface area (Å²) in [5.41, 5.74) is -0.130. The Bertz CT molecular complexity index is 506. The maximum atomic E-state index is 13.1. The van der Waals surface area contributed by atoms with Crippen molar-refractivity contribution in [2.75, 3.05) is 0 Å². The molecule has 2 rings (SSSR count). The van der Waals surface area contributed by atoms with Gasteiger partial charge in [0.15, 0.2) is 5.69 Å². The van der Waals surface area contributed by atoms with Crippen molar-refractivity contribution in [3.8, 4) is 0 Å². The minimum Gasteiger partial charge on any atom is -0.400 e. The maximum absolute atomic E-state index is 13.1. The standard InChI is InChI=1S/C13H15BFNO2/c1-12(2)13(3,4)18-14(17-12)10-7-6-9(15)8-11(10)16-5/h6-8H,1-4H3. The minimum absolute atomic E-state index is 0.230. The quantitative estimate of drug-likeness (QED) is 0.562. The van der Waals surface area contributed by atoms with E-state index in [1.807, 2.05) is 27.7 Å². The Balaban J connectivity index is 2.39. The molecule has 3 nitrogen and oxygen atoms in total. The zero-order valence-electron chi connectivity index (χ0n) is 11.0. The largest absolute Gasteiger partial charge is 0.483 e. The lowest BCUT2D eigenvalue weighted by Gasteiger charge is -2.32. The normalized spacial score (nSPS) is 20.8. The van der Waals surface area contributed by atoms with Crippen molar-refractivity contribution in [2.24, 2.45) is 0 Å². The van der Waals surface area contributed by atoms with Crippen LogP contribution in [0.1, 0.15) is 27.7 Å². The number of halogens is 1. The Morgan fingerprint density at radius 2 is 1.72 bits per heavy atom. The second-order valence-electron chi connectivity index (χ2n) is 5.40. The van der Waals surface area contributed by atoms with Crippen molar-refractivity contribution in [3.05, 3.63) is 35.4 Å². The summed E-state index contributed by atoms with van der Waals surface area (Å²) >= 11 is 0. The minimum atomic E-state index is -0.625. The van der Waals surface area contributed by atoms with Gasteiger partial charge in [-0.2, -0.15) is 0 Å². The monoisotopic (exact) mass is 247 g/mol. The van der Waals surface area contributed by atoms with Crippen molar-refractivity contribution in [1.82, 2.24) is 0 Å². The van der Waals surface area contributed by atoms with Gasteiger partial charge in [0.05, 0.1) is 17.8 Å². The van der Waals surface area contributed by atoms with E-state index in [9.17, 15) is 4.39 Å². The Morgan fingerprint density at radius 1 is 1.17 bits per heavy atom. The first-order chi connectivity index (χ1) is 8.27. The lowest BCUT2D eigenvalue weighted by atomic mass is 9.78. The van der Waals surface area contributed by atoms with E-state index in [1.54, 1.807) is 6.07 Å². The van der Waals surface area contributed by atoms with E-state index >= 15 is 0 Å².